The van der Waals surface area contributed by atoms with Crippen LogP contribution in [0.5, 0.6) is 11.5 Å². The normalized spacial score (nSPS) is 10.4. The van der Waals surface area contributed by atoms with Gasteiger partial charge in [0, 0.05) is 22.3 Å². The minimum Gasteiger partial charge on any atom is -0.497 e. The highest BCUT2D eigenvalue weighted by Gasteiger charge is 2.05. The van der Waals surface area contributed by atoms with Crippen molar-refractivity contribution in [2.75, 3.05) is 19.5 Å². The Morgan fingerprint density at radius 2 is 1.87 bits per heavy atom. The number of methoxy groups -OCH3 is 2. The Balaban J connectivity index is 1.95. The molecular formula is C16H15ClN2O4. The fourth-order valence-electron chi connectivity index (χ4n) is 1.73. The van der Waals surface area contributed by atoms with Gasteiger partial charge in [0.05, 0.1) is 20.4 Å². The van der Waals surface area contributed by atoms with Gasteiger partial charge in [0.2, 0.25) is 0 Å². The van der Waals surface area contributed by atoms with Crippen molar-refractivity contribution in [3.05, 3.63) is 53.1 Å². The average Bonchev–Trinajstić information content (AvgIpc) is 2.57. The summed E-state index contributed by atoms with van der Waals surface area (Å²) in [4.78, 5) is 16.3. The Labute approximate surface area is 138 Å². The molecule has 1 amide bonds. The van der Waals surface area contributed by atoms with Gasteiger partial charge in [-0.2, -0.15) is 0 Å². The molecule has 0 fully saturated rings. The lowest BCUT2D eigenvalue weighted by molar-refractivity contribution is 0.167. The molecule has 0 aromatic heterocycles. The predicted molar refractivity (Wildman–Crippen MR) is 88.7 cm³/mol. The molecule has 23 heavy (non-hydrogen) atoms. The molecule has 0 aliphatic heterocycles. The highest BCUT2D eigenvalue weighted by Crippen LogP contribution is 2.23. The van der Waals surface area contributed by atoms with Gasteiger partial charge in [-0.1, -0.05) is 16.8 Å². The maximum Gasteiger partial charge on any atom is 0.437 e. The van der Waals surface area contributed by atoms with E-state index in [1.807, 2.05) is 0 Å². The Morgan fingerprint density at radius 3 is 2.52 bits per heavy atom. The van der Waals surface area contributed by atoms with Crippen molar-refractivity contribution < 1.29 is 19.1 Å². The minimum atomic E-state index is -0.712. The maximum atomic E-state index is 11.6. The molecule has 1 N–H and O–H groups in total. The zero-order chi connectivity index (χ0) is 16.7. The van der Waals surface area contributed by atoms with Crippen LogP contribution < -0.4 is 14.8 Å². The lowest BCUT2D eigenvalue weighted by atomic mass is 10.2. The molecule has 0 spiro atoms. The number of carbonyl (C=O) groups is 1. The van der Waals surface area contributed by atoms with Crippen molar-refractivity contribution in [2.45, 2.75) is 0 Å². The highest BCUT2D eigenvalue weighted by atomic mass is 35.5. The predicted octanol–water partition coefficient (Wildman–Crippen LogP) is 3.94. The first-order valence-corrected chi connectivity index (χ1v) is 6.99. The van der Waals surface area contributed by atoms with Crippen LogP contribution in [0.1, 0.15) is 5.56 Å². The molecule has 0 saturated carbocycles. The highest BCUT2D eigenvalue weighted by molar-refractivity contribution is 6.30. The van der Waals surface area contributed by atoms with Crippen molar-refractivity contribution in [3.8, 4) is 11.5 Å². The summed E-state index contributed by atoms with van der Waals surface area (Å²) in [5.41, 5.74) is 1.20. The van der Waals surface area contributed by atoms with E-state index in [4.69, 9.17) is 25.9 Å². The van der Waals surface area contributed by atoms with Crippen molar-refractivity contribution in [1.29, 1.82) is 0 Å². The molecule has 120 valence electrons. The second-order valence-corrected chi connectivity index (χ2v) is 4.79. The van der Waals surface area contributed by atoms with Crippen LogP contribution in [0.4, 0.5) is 10.5 Å². The fraction of sp³-hybridized carbons (Fsp3) is 0.125. The van der Waals surface area contributed by atoms with Gasteiger partial charge in [0.1, 0.15) is 11.5 Å². The van der Waals surface area contributed by atoms with E-state index in [0.717, 1.165) is 0 Å². The lowest BCUT2D eigenvalue weighted by Gasteiger charge is -2.06. The van der Waals surface area contributed by atoms with Gasteiger partial charge in [-0.15, -0.1) is 0 Å². The van der Waals surface area contributed by atoms with Gasteiger partial charge >= 0.3 is 6.09 Å². The van der Waals surface area contributed by atoms with E-state index in [-0.39, 0.29) is 0 Å². The first kappa shape index (κ1) is 16.6. The molecule has 6 nitrogen and oxygen atoms in total. The number of benzene rings is 2. The Kier molecular flexibility index (Phi) is 5.82. The second kappa shape index (κ2) is 8.05. The molecule has 0 aliphatic rings. The topological polar surface area (TPSA) is 69.2 Å². The quantitative estimate of drug-likeness (QED) is 0.511. The zero-order valence-electron chi connectivity index (χ0n) is 12.6. The van der Waals surface area contributed by atoms with E-state index >= 15 is 0 Å². The first-order valence-electron chi connectivity index (χ1n) is 6.61. The summed E-state index contributed by atoms with van der Waals surface area (Å²) in [6, 6.07) is 11.8. The maximum absolute atomic E-state index is 11.6. The number of hydrogen-bond acceptors (Lipinski definition) is 5. The van der Waals surface area contributed by atoms with Crippen LogP contribution in [0.3, 0.4) is 0 Å². The number of amides is 1. The van der Waals surface area contributed by atoms with Crippen LogP contribution in [0, 0.1) is 0 Å². The second-order valence-electron chi connectivity index (χ2n) is 4.35. The molecule has 2 rings (SSSR count). The Hall–Kier alpha value is -2.73. The summed E-state index contributed by atoms with van der Waals surface area (Å²) in [6.45, 7) is 0. The van der Waals surface area contributed by atoms with Crippen LogP contribution in [0.15, 0.2) is 47.6 Å². The number of rotatable bonds is 5. The summed E-state index contributed by atoms with van der Waals surface area (Å²) in [5, 5.41) is 6.73. The minimum absolute atomic E-state index is 0.551. The number of hydrogen-bond donors (Lipinski definition) is 1. The van der Waals surface area contributed by atoms with Gasteiger partial charge < -0.3 is 9.47 Å². The summed E-state index contributed by atoms with van der Waals surface area (Å²) < 4.78 is 10.3. The van der Waals surface area contributed by atoms with E-state index in [1.54, 1.807) is 49.6 Å². The molecule has 0 heterocycles. The monoisotopic (exact) mass is 334 g/mol. The molecular weight excluding hydrogens is 320 g/mol. The molecule has 0 unspecified atom stereocenters. The van der Waals surface area contributed by atoms with Gasteiger partial charge in [0.15, 0.2) is 0 Å². The van der Waals surface area contributed by atoms with Crippen LogP contribution in [0.2, 0.25) is 5.02 Å². The number of anilines is 1. The molecule has 0 aliphatic carbocycles. The number of oxime groups is 1. The molecule has 7 heteroatoms. The number of nitrogens with zero attached hydrogens (tertiary/aromatic N) is 1. The van der Waals surface area contributed by atoms with Gasteiger partial charge in [0.25, 0.3) is 0 Å². The summed E-state index contributed by atoms with van der Waals surface area (Å²) in [6.07, 6.45) is 0.663. The standard InChI is InChI=1S/C16H15ClN2O4/c1-21-14-8-3-11(15(9-14)22-2)10-18-23-16(20)19-13-6-4-12(17)5-7-13/h3-10H,1-2H3,(H,19,20)/b18-10-. The smallest absolute Gasteiger partial charge is 0.437 e. The Morgan fingerprint density at radius 1 is 1.13 bits per heavy atom. The number of nitrogens with one attached hydrogen (secondary N) is 1. The molecule has 0 atom stereocenters. The van der Waals surface area contributed by atoms with Crippen LogP contribution in [-0.2, 0) is 4.84 Å². The zero-order valence-corrected chi connectivity index (χ0v) is 13.3. The number of ether oxygens (including phenoxy) is 2. The van der Waals surface area contributed by atoms with Crippen LogP contribution in [0.25, 0.3) is 0 Å². The number of carbonyl (C=O) groups excluding carboxylic acids is 1. The van der Waals surface area contributed by atoms with Crippen molar-refractivity contribution in [1.82, 2.24) is 0 Å². The summed E-state index contributed by atoms with van der Waals surface area (Å²) in [7, 11) is 3.09. The van der Waals surface area contributed by atoms with E-state index in [0.29, 0.717) is 27.8 Å². The summed E-state index contributed by atoms with van der Waals surface area (Å²) >= 11 is 5.76. The van der Waals surface area contributed by atoms with Gasteiger partial charge in [-0.3, -0.25) is 10.2 Å². The molecule has 2 aromatic carbocycles. The van der Waals surface area contributed by atoms with Crippen LogP contribution >= 0.6 is 11.6 Å². The van der Waals surface area contributed by atoms with Gasteiger partial charge in [-0.05, 0) is 36.4 Å². The van der Waals surface area contributed by atoms with Crippen molar-refractivity contribution in [2.24, 2.45) is 5.16 Å². The third-order valence-corrected chi connectivity index (χ3v) is 3.11. The van der Waals surface area contributed by atoms with Crippen molar-refractivity contribution >= 4 is 29.6 Å². The summed E-state index contributed by atoms with van der Waals surface area (Å²) in [5.74, 6) is 1.20. The van der Waals surface area contributed by atoms with Crippen LogP contribution in [-0.4, -0.2) is 26.5 Å². The lowest BCUT2D eigenvalue weighted by Crippen LogP contribution is -2.10. The molecule has 2 aromatic rings. The average molecular weight is 335 g/mol. The van der Waals surface area contributed by atoms with E-state index in [2.05, 4.69) is 10.5 Å². The third-order valence-electron chi connectivity index (χ3n) is 2.86. The van der Waals surface area contributed by atoms with Crippen molar-refractivity contribution in [3.63, 3.8) is 0 Å². The van der Waals surface area contributed by atoms with Gasteiger partial charge in [-0.25, -0.2) is 4.79 Å². The van der Waals surface area contributed by atoms with E-state index < -0.39 is 6.09 Å². The fourth-order valence-corrected chi connectivity index (χ4v) is 1.86. The van der Waals surface area contributed by atoms with E-state index in [1.165, 1.54) is 13.3 Å². The SMILES string of the molecule is COc1ccc(/C=N\OC(=O)Nc2ccc(Cl)cc2)c(OC)c1. The molecule has 0 radical (unpaired) electrons. The first-order chi connectivity index (χ1) is 11.1. The third kappa shape index (κ3) is 4.89. The van der Waals surface area contributed by atoms with E-state index in [9.17, 15) is 4.79 Å². The Bertz CT molecular complexity index is 702. The number of halogens is 1. The largest absolute Gasteiger partial charge is 0.497 e. The molecule has 0 bridgehead atoms. The molecule has 0 saturated heterocycles.